The third-order valence-corrected chi connectivity index (χ3v) is 0. The molecule has 3 radical (unpaired) electrons. The van der Waals surface area contributed by atoms with Crippen LogP contribution in [0.5, 0.6) is 0 Å². The molecule has 0 aromatic heterocycles. The Morgan fingerprint density at radius 2 is 0.692 bits per heavy atom. The quantitative estimate of drug-likeness (QED) is 0.250. The van der Waals surface area contributed by atoms with Crippen molar-refractivity contribution in [3.8, 4) is 0 Å². The first kappa shape index (κ1) is 22.5. The van der Waals surface area contributed by atoms with Gasteiger partial charge in [-0.3, -0.25) is 0 Å². The summed E-state index contributed by atoms with van der Waals surface area (Å²) in [5.41, 5.74) is 0. The third kappa shape index (κ3) is 328. The van der Waals surface area contributed by atoms with Crippen LogP contribution in [0.3, 0.4) is 0 Å². The van der Waals surface area contributed by atoms with Gasteiger partial charge in [0.05, 0.1) is 0 Å². The van der Waals surface area contributed by atoms with E-state index in [4.69, 9.17) is 46.0 Å². The van der Waals surface area contributed by atoms with Gasteiger partial charge in [0.25, 0.3) is 15.3 Å². The Morgan fingerprint density at radius 1 is 0.692 bits per heavy atom. The maximum absolute atomic E-state index is 8.36. The first-order valence-corrected chi connectivity index (χ1v) is 1.70. The van der Waals surface area contributed by atoms with Crippen molar-refractivity contribution in [1.82, 2.24) is 0 Å². The Hall–Kier alpha value is -1.52. The molecular formula is H3BiN3O9. The number of nitrogens with zero attached hydrogens (tertiary/aromatic N) is 3. The van der Waals surface area contributed by atoms with Gasteiger partial charge in [-0.15, -0.1) is 30.3 Å². The minimum atomic E-state index is -1.50. The molecule has 0 saturated heterocycles. The van der Waals surface area contributed by atoms with Gasteiger partial charge >= 0.3 is 0 Å². The topological polar surface area (TPSA) is 190 Å². The SMILES string of the molecule is O=[N+]([O-])O.O=[N+]([O-])O.O=[N+]([O-])O.[Bi]. The van der Waals surface area contributed by atoms with Gasteiger partial charge in [0.1, 0.15) is 0 Å². The molecule has 0 aromatic rings. The van der Waals surface area contributed by atoms with Crippen LogP contribution in [0.15, 0.2) is 0 Å². The molecule has 0 saturated carbocycles. The van der Waals surface area contributed by atoms with E-state index in [1.54, 1.807) is 0 Å². The minimum Gasteiger partial charge on any atom is -0.328 e. The molecule has 0 aliphatic heterocycles. The van der Waals surface area contributed by atoms with Gasteiger partial charge in [-0.25, -0.2) is 0 Å². The van der Waals surface area contributed by atoms with E-state index in [0.29, 0.717) is 0 Å². The zero-order valence-corrected chi connectivity index (χ0v) is 9.06. The maximum atomic E-state index is 8.36. The smallest absolute Gasteiger partial charge is 0.291 e. The zero-order valence-electron chi connectivity index (χ0n) is 5.58. The summed E-state index contributed by atoms with van der Waals surface area (Å²) in [6.45, 7) is 0. The van der Waals surface area contributed by atoms with E-state index in [1.807, 2.05) is 0 Å². The summed E-state index contributed by atoms with van der Waals surface area (Å²) in [6.07, 6.45) is 0. The van der Waals surface area contributed by atoms with Gasteiger partial charge in [0.2, 0.25) is 0 Å². The Balaban J connectivity index is -0.0000000450. The van der Waals surface area contributed by atoms with Crippen molar-refractivity contribution >= 4 is 26.2 Å². The third-order valence-electron chi connectivity index (χ3n) is 0. The molecule has 0 aliphatic rings. The average molecular weight is 398 g/mol. The summed E-state index contributed by atoms with van der Waals surface area (Å²) in [4.78, 5) is 25.1. The molecule has 0 bridgehead atoms. The summed E-state index contributed by atoms with van der Waals surface area (Å²) >= 11 is 0. The maximum Gasteiger partial charge on any atom is 0.291 e. The van der Waals surface area contributed by atoms with Gasteiger partial charge in [-0.2, -0.15) is 0 Å². The fraction of sp³-hybridized carbons (Fsp3) is 0. The molecule has 12 nitrogen and oxygen atoms in total. The predicted octanol–water partition coefficient (Wildman–Crippen LogP) is -1.42. The number of rotatable bonds is 0. The van der Waals surface area contributed by atoms with Crippen molar-refractivity contribution < 1.29 is 30.9 Å². The van der Waals surface area contributed by atoms with Crippen LogP contribution in [0.1, 0.15) is 0 Å². The zero-order chi connectivity index (χ0) is 10.7. The largest absolute Gasteiger partial charge is 0.328 e. The predicted molar refractivity (Wildman–Crippen MR) is 32.1 cm³/mol. The van der Waals surface area contributed by atoms with Crippen molar-refractivity contribution in [2.45, 2.75) is 0 Å². The second kappa shape index (κ2) is 16.8. The summed E-state index contributed by atoms with van der Waals surface area (Å²) in [7, 11) is 0. The van der Waals surface area contributed by atoms with Gasteiger partial charge in [0, 0.05) is 26.2 Å². The fourth-order valence-electron chi connectivity index (χ4n) is 0. The van der Waals surface area contributed by atoms with Crippen LogP contribution < -0.4 is 0 Å². The van der Waals surface area contributed by atoms with Crippen LogP contribution in [0.2, 0.25) is 0 Å². The standard InChI is InChI=1S/Bi.3HNO3/c;3*2-1(3)4/h;3*(H,2,3,4). The number of hydrogen-bond donors (Lipinski definition) is 3. The van der Waals surface area contributed by atoms with E-state index in [-0.39, 0.29) is 26.2 Å². The fourth-order valence-corrected chi connectivity index (χ4v) is 0. The molecule has 13 heavy (non-hydrogen) atoms. The first-order chi connectivity index (χ1) is 5.20. The molecule has 0 aliphatic carbocycles. The molecule has 77 valence electrons. The van der Waals surface area contributed by atoms with Gasteiger partial charge < -0.3 is 15.6 Å². The summed E-state index contributed by atoms with van der Waals surface area (Å²) in [5, 5.41) is 40.9. The molecule has 3 N–H and O–H groups in total. The van der Waals surface area contributed by atoms with Crippen LogP contribution >= 0.6 is 0 Å². The normalized spacial score (nSPS) is 5.54. The number of hydrogen-bond acceptors (Lipinski definition) is 6. The molecule has 0 aromatic carbocycles. The van der Waals surface area contributed by atoms with Crippen LogP contribution in [0, 0.1) is 30.3 Å². The Morgan fingerprint density at radius 3 is 0.692 bits per heavy atom. The van der Waals surface area contributed by atoms with Gasteiger partial charge in [0.15, 0.2) is 0 Å². The summed E-state index contributed by atoms with van der Waals surface area (Å²) in [6, 6.07) is 0. The van der Waals surface area contributed by atoms with E-state index < -0.39 is 15.3 Å². The Kier molecular flexibility index (Phi) is 29.2. The molecule has 0 atom stereocenters. The van der Waals surface area contributed by atoms with E-state index in [2.05, 4.69) is 0 Å². The molecule has 0 spiro atoms. The van der Waals surface area contributed by atoms with E-state index >= 15 is 0 Å². The van der Waals surface area contributed by atoms with Crippen molar-refractivity contribution in [3.05, 3.63) is 30.3 Å². The molecule has 0 fully saturated rings. The van der Waals surface area contributed by atoms with Crippen LogP contribution in [0.4, 0.5) is 0 Å². The van der Waals surface area contributed by atoms with Crippen LogP contribution in [-0.2, 0) is 0 Å². The molecule has 0 heterocycles. The van der Waals surface area contributed by atoms with Crippen LogP contribution in [-0.4, -0.2) is 57.1 Å². The molecule has 0 unspecified atom stereocenters. The Bertz CT molecular complexity index is 112. The second-order valence-electron chi connectivity index (χ2n) is 0.714. The van der Waals surface area contributed by atoms with Crippen LogP contribution in [0.25, 0.3) is 0 Å². The molecule has 0 rings (SSSR count). The molecular weight excluding hydrogens is 395 g/mol. The van der Waals surface area contributed by atoms with Crippen molar-refractivity contribution in [3.63, 3.8) is 0 Å². The molecule has 13 heteroatoms. The van der Waals surface area contributed by atoms with Crippen molar-refractivity contribution in [1.29, 1.82) is 0 Å². The minimum absolute atomic E-state index is 0. The van der Waals surface area contributed by atoms with Gasteiger partial charge in [-0.1, -0.05) is 0 Å². The van der Waals surface area contributed by atoms with E-state index in [0.717, 1.165) is 0 Å². The first-order valence-electron chi connectivity index (χ1n) is 1.70. The van der Waals surface area contributed by atoms with Crippen molar-refractivity contribution in [2.75, 3.05) is 0 Å². The van der Waals surface area contributed by atoms with E-state index in [9.17, 15) is 0 Å². The van der Waals surface area contributed by atoms with E-state index in [1.165, 1.54) is 0 Å². The average Bonchev–Trinajstić information content (AvgIpc) is 1.54. The summed E-state index contributed by atoms with van der Waals surface area (Å²) < 4.78 is 0. The van der Waals surface area contributed by atoms with Crippen molar-refractivity contribution in [2.24, 2.45) is 0 Å². The second-order valence-corrected chi connectivity index (χ2v) is 0.714. The summed E-state index contributed by atoms with van der Waals surface area (Å²) in [5.74, 6) is 0. The van der Waals surface area contributed by atoms with Gasteiger partial charge in [-0.05, 0) is 0 Å². The monoisotopic (exact) mass is 398 g/mol. The molecule has 0 amide bonds. The Labute approximate surface area is 87.8 Å².